The van der Waals surface area contributed by atoms with Crippen LogP contribution in [-0.2, 0) is 6.42 Å². The molecule has 0 amide bonds. The maximum absolute atomic E-state index is 4.88. The van der Waals surface area contributed by atoms with Gasteiger partial charge in [0.25, 0.3) is 0 Å². The van der Waals surface area contributed by atoms with Crippen molar-refractivity contribution in [1.29, 1.82) is 0 Å². The number of piperazine rings is 1. The van der Waals surface area contributed by atoms with Gasteiger partial charge in [-0.2, -0.15) is 0 Å². The van der Waals surface area contributed by atoms with Gasteiger partial charge in [0.05, 0.1) is 0 Å². The van der Waals surface area contributed by atoms with Crippen molar-refractivity contribution in [3.05, 3.63) is 42.4 Å². The van der Waals surface area contributed by atoms with E-state index in [-0.39, 0.29) is 0 Å². The molecule has 5 heteroatoms. The maximum Gasteiger partial charge on any atom is 0.138 e. The van der Waals surface area contributed by atoms with Crippen LogP contribution in [0.3, 0.4) is 0 Å². The van der Waals surface area contributed by atoms with Crippen LogP contribution in [0.4, 0.5) is 5.82 Å². The quantitative estimate of drug-likeness (QED) is 0.769. The fourth-order valence-electron chi connectivity index (χ4n) is 4.18. The predicted molar refractivity (Wildman–Crippen MR) is 110 cm³/mol. The third-order valence-corrected chi connectivity index (χ3v) is 6.20. The van der Waals surface area contributed by atoms with Gasteiger partial charge in [0.15, 0.2) is 0 Å². The van der Waals surface area contributed by atoms with Crippen molar-refractivity contribution in [2.75, 3.05) is 38.1 Å². The molecule has 0 radical (unpaired) electrons. The summed E-state index contributed by atoms with van der Waals surface area (Å²) >= 11 is 0. The number of nitrogens with zero attached hydrogens (tertiary/aromatic N) is 4. The zero-order chi connectivity index (χ0) is 18.2. The lowest BCUT2D eigenvalue weighted by molar-refractivity contribution is 0.312. The molecule has 0 atom stereocenters. The summed E-state index contributed by atoms with van der Waals surface area (Å²) in [5.74, 6) is 1.92. The second kappa shape index (κ2) is 6.97. The Morgan fingerprint density at radius 1 is 1.11 bits per heavy atom. The Kier molecular flexibility index (Phi) is 4.32. The first-order valence-electron chi connectivity index (χ1n) is 10.1. The number of H-pyrrole nitrogens is 1. The van der Waals surface area contributed by atoms with E-state index in [9.17, 15) is 0 Å². The van der Waals surface area contributed by atoms with Crippen LogP contribution in [0, 0.1) is 5.92 Å². The van der Waals surface area contributed by atoms with E-state index in [0.717, 1.165) is 50.0 Å². The summed E-state index contributed by atoms with van der Waals surface area (Å²) < 4.78 is 0. The molecule has 1 saturated heterocycles. The zero-order valence-corrected chi connectivity index (χ0v) is 16.0. The summed E-state index contributed by atoms with van der Waals surface area (Å²) in [6.45, 7) is 4.25. The van der Waals surface area contributed by atoms with E-state index >= 15 is 0 Å². The normalized spacial score (nSPS) is 18.8. The van der Waals surface area contributed by atoms with Crippen LogP contribution in [0.1, 0.15) is 25.0 Å². The molecule has 2 aliphatic rings. The summed E-state index contributed by atoms with van der Waals surface area (Å²) in [4.78, 5) is 17.6. The molecule has 4 heterocycles. The average molecular weight is 361 g/mol. The Balaban J connectivity index is 1.42. The predicted octanol–water partition coefficient (Wildman–Crippen LogP) is 3.72. The summed E-state index contributed by atoms with van der Waals surface area (Å²) in [6.07, 6.45) is 9.25. The first kappa shape index (κ1) is 16.8. The first-order valence-corrected chi connectivity index (χ1v) is 10.1. The molecular formula is C22H27N5. The zero-order valence-electron chi connectivity index (χ0n) is 16.0. The minimum absolute atomic E-state index is 0.843. The van der Waals surface area contributed by atoms with Crippen LogP contribution in [0.5, 0.6) is 0 Å². The van der Waals surface area contributed by atoms with E-state index < -0.39 is 0 Å². The van der Waals surface area contributed by atoms with E-state index in [1.807, 2.05) is 6.20 Å². The minimum atomic E-state index is 0.843. The van der Waals surface area contributed by atoms with Gasteiger partial charge in [-0.1, -0.05) is 19.3 Å². The van der Waals surface area contributed by atoms with Gasteiger partial charge in [0.1, 0.15) is 11.5 Å². The van der Waals surface area contributed by atoms with Crippen molar-refractivity contribution in [2.45, 2.75) is 25.7 Å². The standard InChI is InChI=1S/C22H27N5/c1-26-9-11-27(12-10-26)21-14-17(7-8-23-21)20-15-24-22-19(20)6-5-18(25-22)13-16-3-2-4-16/h5-8,14-16H,2-4,9-13H2,1H3,(H,24,25). The number of nitrogens with one attached hydrogen (secondary N) is 1. The smallest absolute Gasteiger partial charge is 0.138 e. The third-order valence-electron chi connectivity index (χ3n) is 6.20. The molecule has 0 aromatic carbocycles. The molecule has 3 aromatic rings. The van der Waals surface area contributed by atoms with Crippen LogP contribution in [0.2, 0.25) is 0 Å². The van der Waals surface area contributed by atoms with Gasteiger partial charge < -0.3 is 14.8 Å². The van der Waals surface area contributed by atoms with Gasteiger partial charge in [-0.25, -0.2) is 9.97 Å². The summed E-state index contributed by atoms with van der Waals surface area (Å²) in [5, 5.41) is 1.20. The Bertz CT molecular complexity index is 935. The van der Waals surface area contributed by atoms with Crippen LogP contribution in [0.15, 0.2) is 36.7 Å². The van der Waals surface area contributed by atoms with Crippen molar-refractivity contribution in [3.8, 4) is 11.1 Å². The Labute approximate surface area is 160 Å². The van der Waals surface area contributed by atoms with Gasteiger partial charge in [-0.15, -0.1) is 0 Å². The molecule has 3 aromatic heterocycles. The molecule has 1 saturated carbocycles. The first-order chi connectivity index (χ1) is 13.3. The van der Waals surface area contributed by atoms with Gasteiger partial charge in [0, 0.05) is 55.2 Å². The van der Waals surface area contributed by atoms with E-state index in [0.29, 0.717) is 0 Å². The second-order valence-corrected chi connectivity index (χ2v) is 8.10. The lowest BCUT2D eigenvalue weighted by Crippen LogP contribution is -2.44. The molecule has 5 rings (SSSR count). The van der Waals surface area contributed by atoms with Crippen molar-refractivity contribution in [2.24, 2.45) is 5.92 Å². The van der Waals surface area contributed by atoms with Crippen molar-refractivity contribution in [1.82, 2.24) is 19.9 Å². The molecule has 1 N–H and O–H groups in total. The second-order valence-electron chi connectivity index (χ2n) is 8.10. The highest BCUT2D eigenvalue weighted by molar-refractivity contribution is 5.94. The average Bonchev–Trinajstić information content (AvgIpc) is 3.09. The molecular weight excluding hydrogens is 334 g/mol. The molecule has 1 aliphatic heterocycles. The van der Waals surface area contributed by atoms with Crippen LogP contribution < -0.4 is 4.90 Å². The van der Waals surface area contributed by atoms with Crippen LogP contribution >= 0.6 is 0 Å². The van der Waals surface area contributed by atoms with Crippen molar-refractivity contribution >= 4 is 16.9 Å². The summed E-state index contributed by atoms with van der Waals surface area (Å²) in [6, 6.07) is 8.76. The highest BCUT2D eigenvalue weighted by Crippen LogP contribution is 2.32. The Hall–Kier alpha value is -2.40. The Morgan fingerprint density at radius 3 is 2.74 bits per heavy atom. The lowest BCUT2D eigenvalue weighted by atomic mass is 9.82. The lowest BCUT2D eigenvalue weighted by Gasteiger charge is -2.33. The molecule has 0 unspecified atom stereocenters. The molecule has 0 bridgehead atoms. The van der Waals surface area contributed by atoms with Gasteiger partial charge >= 0.3 is 0 Å². The number of anilines is 1. The van der Waals surface area contributed by atoms with Crippen molar-refractivity contribution < 1.29 is 0 Å². The number of aromatic amines is 1. The highest BCUT2D eigenvalue weighted by atomic mass is 15.3. The van der Waals surface area contributed by atoms with E-state index in [2.05, 4.69) is 57.3 Å². The largest absolute Gasteiger partial charge is 0.354 e. The number of aromatic nitrogens is 3. The van der Waals surface area contributed by atoms with Gasteiger partial charge in [0.2, 0.25) is 0 Å². The van der Waals surface area contributed by atoms with Gasteiger partial charge in [-0.3, -0.25) is 0 Å². The topological polar surface area (TPSA) is 48.0 Å². The monoisotopic (exact) mass is 361 g/mol. The van der Waals surface area contributed by atoms with E-state index in [1.54, 1.807) is 0 Å². The summed E-state index contributed by atoms with van der Waals surface area (Å²) in [5.41, 5.74) is 4.64. The minimum Gasteiger partial charge on any atom is -0.354 e. The Morgan fingerprint density at radius 2 is 1.96 bits per heavy atom. The fourth-order valence-corrected chi connectivity index (χ4v) is 4.18. The van der Waals surface area contributed by atoms with Crippen molar-refractivity contribution in [3.63, 3.8) is 0 Å². The highest BCUT2D eigenvalue weighted by Gasteiger charge is 2.19. The number of likely N-dealkylation sites (N-methyl/N-ethyl adjacent to an activating group) is 1. The molecule has 5 nitrogen and oxygen atoms in total. The number of rotatable bonds is 4. The fraction of sp³-hybridized carbons (Fsp3) is 0.455. The SMILES string of the molecule is CN1CCN(c2cc(-c3c[nH]c4nc(CC5CCC5)ccc34)ccn2)CC1. The molecule has 140 valence electrons. The van der Waals surface area contributed by atoms with Gasteiger partial charge in [-0.05, 0) is 49.2 Å². The van der Waals surface area contributed by atoms with E-state index in [1.165, 1.54) is 41.5 Å². The summed E-state index contributed by atoms with van der Waals surface area (Å²) in [7, 11) is 2.18. The van der Waals surface area contributed by atoms with Crippen LogP contribution in [0.25, 0.3) is 22.2 Å². The maximum atomic E-state index is 4.88. The number of hydrogen-bond acceptors (Lipinski definition) is 4. The third kappa shape index (κ3) is 3.32. The molecule has 2 fully saturated rings. The van der Waals surface area contributed by atoms with E-state index in [4.69, 9.17) is 4.98 Å². The van der Waals surface area contributed by atoms with Crippen LogP contribution in [-0.4, -0.2) is 53.1 Å². The molecule has 27 heavy (non-hydrogen) atoms. The molecule has 1 aliphatic carbocycles. The molecule has 0 spiro atoms. The number of fused-ring (bicyclic) bond motifs is 1. The number of pyridine rings is 2. The number of hydrogen-bond donors (Lipinski definition) is 1.